The highest BCUT2D eigenvalue weighted by Gasteiger charge is 2.06. The summed E-state index contributed by atoms with van der Waals surface area (Å²) < 4.78 is 5.22. The molecule has 0 bridgehead atoms. The number of ether oxygens (including phenoxy) is 1. The van der Waals surface area contributed by atoms with E-state index in [1.807, 2.05) is 7.05 Å². The van der Waals surface area contributed by atoms with Crippen LogP contribution < -0.4 is 0 Å². The number of carbonyl (C=O) groups is 2. The van der Waals surface area contributed by atoms with Gasteiger partial charge in [-0.15, -0.1) is 0 Å². The second-order valence-corrected chi connectivity index (χ2v) is 6.47. The van der Waals surface area contributed by atoms with Crippen LogP contribution in [0.15, 0.2) is 0 Å². The lowest BCUT2D eigenvalue weighted by Gasteiger charge is -2.13. The van der Waals surface area contributed by atoms with E-state index >= 15 is 0 Å². The van der Waals surface area contributed by atoms with Crippen molar-refractivity contribution in [2.45, 2.75) is 84.5 Å². The molecule has 0 fully saturated rings. The Kier molecular flexibility index (Phi) is 15.4. The van der Waals surface area contributed by atoms with Gasteiger partial charge >= 0.3 is 5.97 Å². The monoisotopic (exact) mass is 327 g/mol. The maximum atomic E-state index is 11.7. The number of nitrogens with zero attached hydrogens (tertiary/aromatic N) is 1. The third-order valence-electron chi connectivity index (χ3n) is 3.90. The molecule has 0 radical (unpaired) electrons. The number of esters is 1. The molecule has 0 aromatic heterocycles. The predicted molar refractivity (Wildman–Crippen MR) is 95.6 cm³/mol. The van der Waals surface area contributed by atoms with Gasteiger partial charge in [0.2, 0.25) is 0 Å². The van der Waals surface area contributed by atoms with Crippen LogP contribution in [0.25, 0.3) is 0 Å². The number of Topliss-reactive ketones (excluding diaryl/α,β-unsaturated/α-hetero) is 1. The van der Waals surface area contributed by atoms with E-state index in [2.05, 4.69) is 18.7 Å². The van der Waals surface area contributed by atoms with Crippen molar-refractivity contribution in [3.63, 3.8) is 0 Å². The molecule has 4 heteroatoms. The number of hydrogen-bond donors (Lipinski definition) is 0. The number of carbonyl (C=O) groups excluding carboxylic acids is 2. The first kappa shape index (κ1) is 22.1. The molecular formula is C19H37NO3. The van der Waals surface area contributed by atoms with Gasteiger partial charge in [-0.2, -0.15) is 0 Å². The Bertz CT molecular complexity index is 305. The van der Waals surface area contributed by atoms with Crippen molar-refractivity contribution < 1.29 is 14.3 Å². The van der Waals surface area contributed by atoms with Gasteiger partial charge in [-0.1, -0.05) is 39.5 Å². The van der Waals surface area contributed by atoms with Gasteiger partial charge < -0.3 is 4.74 Å². The lowest BCUT2D eigenvalue weighted by molar-refractivity contribution is -0.144. The van der Waals surface area contributed by atoms with Crippen LogP contribution in [0.4, 0.5) is 0 Å². The van der Waals surface area contributed by atoms with Crippen LogP contribution in [0.2, 0.25) is 0 Å². The van der Waals surface area contributed by atoms with E-state index in [9.17, 15) is 9.59 Å². The summed E-state index contributed by atoms with van der Waals surface area (Å²) >= 11 is 0. The van der Waals surface area contributed by atoms with Crippen LogP contribution >= 0.6 is 0 Å². The van der Waals surface area contributed by atoms with Crippen LogP contribution in [0.1, 0.15) is 84.5 Å². The molecule has 0 heterocycles. The fourth-order valence-electron chi connectivity index (χ4n) is 2.57. The van der Waals surface area contributed by atoms with Crippen molar-refractivity contribution in [2.75, 3.05) is 26.7 Å². The third-order valence-corrected chi connectivity index (χ3v) is 3.90. The summed E-state index contributed by atoms with van der Waals surface area (Å²) in [5.41, 5.74) is 0. The second kappa shape index (κ2) is 16.0. The van der Waals surface area contributed by atoms with Crippen LogP contribution in [0.3, 0.4) is 0 Å². The smallest absolute Gasteiger partial charge is 0.305 e. The topological polar surface area (TPSA) is 46.6 Å². The van der Waals surface area contributed by atoms with Gasteiger partial charge in [0.05, 0.1) is 13.2 Å². The number of unbranched alkanes of at least 4 members (excludes halogenated alkanes) is 6. The van der Waals surface area contributed by atoms with E-state index in [4.69, 9.17) is 4.74 Å². The van der Waals surface area contributed by atoms with Gasteiger partial charge in [-0.25, -0.2) is 0 Å². The molecule has 0 atom stereocenters. The molecule has 23 heavy (non-hydrogen) atoms. The van der Waals surface area contributed by atoms with Crippen molar-refractivity contribution in [1.82, 2.24) is 4.90 Å². The Morgan fingerprint density at radius 2 is 1.48 bits per heavy atom. The molecule has 0 aromatic carbocycles. The molecule has 0 rings (SSSR count). The molecule has 0 aromatic rings. The SMILES string of the molecule is CCCCCCCC(=O)OCCCCCC(=O)CN(C)CCC. The molecule has 0 saturated carbocycles. The minimum Gasteiger partial charge on any atom is -0.466 e. The Morgan fingerprint density at radius 3 is 2.17 bits per heavy atom. The number of rotatable bonds is 16. The largest absolute Gasteiger partial charge is 0.466 e. The molecule has 0 unspecified atom stereocenters. The van der Waals surface area contributed by atoms with Crippen molar-refractivity contribution in [1.29, 1.82) is 0 Å². The minimum atomic E-state index is -0.0706. The second-order valence-electron chi connectivity index (χ2n) is 6.47. The van der Waals surface area contributed by atoms with Gasteiger partial charge in [-0.05, 0) is 45.7 Å². The lowest BCUT2D eigenvalue weighted by atomic mass is 10.1. The summed E-state index contributed by atoms with van der Waals surface area (Å²) in [6.45, 7) is 6.33. The van der Waals surface area contributed by atoms with Crippen molar-refractivity contribution in [3.8, 4) is 0 Å². The summed E-state index contributed by atoms with van der Waals surface area (Å²) in [4.78, 5) is 25.3. The van der Waals surface area contributed by atoms with E-state index in [0.29, 0.717) is 31.8 Å². The zero-order valence-electron chi connectivity index (χ0n) is 15.6. The average Bonchev–Trinajstić information content (AvgIpc) is 2.50. The highest BCUT2D eigenvalue weighted by atomic mass is 16.5. The van der Waals surface area contributed by atoms with Gasteiger partial charge in [0.25, 0.3) is 0 Å². The first-order chi connectivity index (χ1) is 11.1. The van der Waals surface area contributed by atoms with E-state index in [0.717, 1.165) is 45.1 Å². The fraction of sp³-hybridized carbons (Fsp3) is 0.895. The van der Waals surface area contributed by atoms with Crippen LogP contribution in [-0.2, 0) is 14.3 Å². The molecule has 136 valence electrons. The Balaban J connectivity index is 3.37. The van der Waals surface area contributed by atoms with Crippen molar-refractivity contribution in [3.05, 3.63) is 0 Å². The molecule has 0 saturated heterocycles. The summed E-state index contributed by atoms with van der Waals surface area (Å²) in [6, 6.07) is 0. The van der Waals surface area contributed by atoms with E-state index in [-0.39, 0.29) is 5.97 Å². The quantitative estimate of drug-likeness (QED) is 0.312. The molecule has 0 spiro atoms. The Labute approximate surface area is 143 Å². The summed E-state index contributed by atoms with van der Waals surface area (Å²) in [7, 11) is 1.99. The molecule has 0 aliphatic carbocycles. The first-order valence-electron chi connectivity index (χ1n) is 9.46. The lowest BCUT2D eigenvalue weighted by Crippen LogP contribution is -2.26. The van der Waals surface area contributed by atoms with Crippen molar-refractivity contribution in [2.24, 2.45) is 0 Å². The first-order valence-corrected chi connectivity index (χ1v) is 9.46. The zero-order valence-corrected chi connectivity index (χ0v) is 15.6. The van der Waals surface area contributed by atoms with Gasteiger partial charge in [-0.3, -0.25) is 14.5 Å². The fourth-order valence-corrected chi connectivity index (χ4v) is 2.57. The Hall–Kier alpha value is -0.900. The standard InChI is InChI=1S/C19H37NO3/c1-4-6-7-8-11-14-19(22)23-16-12-9-10-13-18(21)17-20(3)15-5-2/h4-17H2,1-3H3. The van der Waals surface area contributed by atoms with Gasteiger partial charge in [0.1, 0.15) is 5.78 Å². The normalized spacial score (nSPS) is 11.0. The van der Waals surface area contributed by atoms with Gasteiger partial charge in [0, 0.05) is 12.8 Å². The molecule has 0 aliphatic heterocycles. The number of ketones is 1. The number of hydrogen-bond acceptors (Lipinski definition) is 4. The van der Waals surface area contributed by atoms with Crippen molar-refractivity contribution >= 4 is 11.8 Å². The van der Waals surface area contributed by atoms with E-state index < -0.39 is 0 Å². The van der Waals surface area contributed by atoms with Crippen LogP contribution in [0, 0.1) is 0 Å². The van der Waals surface area contributed by atoms with E-state index in [1.165, 1.54) is 19.3 Å². The molecule has 0 aliphatic rings. The predicted octanol–water partition coefficient (Wildman–Crippen LogP) is 4.36. The minimum absolute atomic E-state index is 0.0706. The maximum absolute atomic E-state index is 11.7. The summed E-state index contributed by atoms with van der Waals surface area (Å²) in [6.07, 6.45) is 10.7. The van der Waals surface area contributed by atoms with Crippen LogP contribution in [-0.4, -0.2) is 43.4 Å². The molecular weight excluding hydrogens is 290 g/mol. The number of likely N-dealkylation sites (N-methyl/N-ethyl adjacent to an activating group) is 1. The summed E-state index contributed by atoms with van der Waals surface area (Å²) in [5.74, 6) is 0.240. The molecule has 0 N–H and O–H groups in total. The highest BCUT2D eigenvalue weighted by molar-refractivity contribution is 5.80. The van der Waals surface area contributed by atoms with Crippen LogP contribution in [0.5, 0.6) is 0 Å². The molecule has 0 amide bonds. The summed E-state index contributed by atoms with van der Waals surface area (Å²) in [5, 5.41) is 0. The highest BCUT2D eigenvalue weighted by Crippen LogP contribution is 2.07. The zero-order chi connectivity index (χ0) is 17.3. The molecule has 4 nitrogen and oxygen atoms in total. The van der Waals surface area contributed by atoms with Gasteiger partial charge in [0.15, 0.2) is 0 Å². The Morgan fingerprint density at radius 1 is 0.826 bits per heavy atom. The maximum Gasteiger partial charge on any atom is 0.305 e. The average molecular weight is 328 g/mol. The third kappa shape index (κ3) is 15.8. The van der Waals surface area contributed by atoms with E-state index in [1.54, 1.807) is 0 Å².